The first kappa shape index (κ1) is 9.98. The molecule has 0 bridgehead atoms. The molecule has 1 unspecified atom stereocenters. The van der Waals surface area contributed by atoms with Crippen LogP contribution < -0.4 is 16.4 Å². The van der Waals surface area contributed by atoms with E-state index in [1.807, 2.05) is 0 Å². The average molecular weight is 185 g/mol. The fraction of sp³-hybridized carbons (Fsp3) is 0.750. The molecule has 0 radical (unpaired) electrons. The first-order chi connectivity index (χ1) is 6.09. The summed E-state index contributed by atoms with van der Waals surface area (Å²) in [4.78, 5) is 21.8. The van der Waals surface area contributed by atoms with E-state index in [1.54, 1.807) is 6.92 Å². The first-order valence-corrected chi connectivity index (χ1v) is 4.39. The predicted octanol–water partition coefficient (Wildman–Crippen LogP) is -1.41. The van der Waals surface area contributed by atoms with Crippen molar-refractivity contribution in [2.24, 2.45) is 11.7 Å². The van der Waals surface area contributed by atoms with E-state index in [-0.39, 0.29) is 17.7 Å². The molecular weight excluding hydrogens is 170 g/mol. The SMILES string of the molecule is C[C@@H](N)C(=O)NCC1CNC(=O)C1. The van der Waals surface area contributed by atoms with E-state index < -0.39 is 6.04 Å². The van der Waals surface area contributed by atoms with Gasteiger partial charge in [0, 0.05) is 25.4 Å². The summed E-state index contributed by atoms with van der Waals surface area (Å²) in [5, 5.41) is 5.39. The van der Waals surface area contributed by atoms with Crippen molar-refractivity contribution in [3.05, 3.63) is 0 Å². The highest BCUT2D eigenvalue weighted by Crippen LogP contribution is 2.06. The molecule has 5 nitrogen and oxygen atoms in total. The van der Waals surface area contributed by atoms with Crippen LogP contribution in [0.1, 0.15) is 13.3 Å². The van der Waals surface area contributed by atoms with Gasteiger partial charge in [0.15, 0.2) is 0 Å². The van der Waals surface area contributed by atoms with Crippen LogP contribution in [-0.4, -0.2) is 30.9 Å². The summed E-state index contributed by atoms with van der Waals surface area (Å²) in [5.41, 5.74) is 5.35. The molecule has 0 aliphatic carbocycles. The number of hydrogen-bond donors (Lipinski definition) is 3. The Labute approximate surface area is 77.1 Å². The van der Waals surface area contributed by atoms with Crippen molar-refractivity contribution in [1.82, 2.24) is 10.6 Å². The zero-order valence-corrected chi connectivity index (χ0v) is 7.67. The monoisotopic (exact) mass is 185 g/mol. The predicted molar refractivity (Wildman–Crippen MR) is 47.8 cm³/mol. The normalized spacial score (nSPS) is 23.8. The van der Waals surface area contributed by atoms with Gasteiger partial charge in [-0.15, -0.1) is 0 Å². The van der Waals surface area contributed by atoms with Crippen LogP contribution in [0.2, 0.25) is 0 Å². The highest BCUT2D eigenvalue weighted by molar-refractivity contribution is 5.81. The third-order valence-corrected chi connectivity index (χ3v) is 2.04. The van der Waals surface area contributed by atoms with E-state index in [1.165, 1.54) is 0 Å². The Morgan fingerprint density at radius 2 is 2.54 bits per heavy atom. The van der Waals surface area contributed by atoms with Crippen LogP contribution in [0.3, 0.4) is 0 Å². The van der Waals surface area contributed by atoms with Gasteiger partial charge in [0.2, 0.25) is 11.8 Å². The number of nitrogens with two attached hydrogens (primary N) is 1. The van der Waals surface area contributed by atoms with Gasteiger partial charge >= 0.3 is 0 Å². The zero-order valence-electron chi connectivity index (χ0n) is 7.67. The van der Waals surface area contributed by atoms with E-state index in [2.05, 4.69) is 10.6 Å². The van der Waals surface area contributed by atoms with Gasteiger partial charge in [-0.05, 0) is 6.92 Å². The number of carbonyl (C=O) groups is 2. The van der Waals surface area contributed by atoms with E-state index in [0.717, 1.165) is 0 Å². The molecule has 1 heterocycles. The Morgan fingerprint density at radius 1 is 1.85 bits per heavy atom. The maximum absolute atomic E-state index is 11.0. The summed E-state index contributed by atoms with van der Waals surface area (Å²) in [5.74, 6) is 0.106. The summed E-state index contributed by atoms with van der Waals surface area (Å²) in [6, 6.07) is -0.481. The van der Waals surface area contributed by atoms with E-state index in [4.69, 9.17) is 5.73 Å². The van der Waals surface area contributed by atoms with Gasteiger partial charge in [-0.2, -0.15) is 0 Å². The van der Waals surface area contributed by atoms with Gasteiger partial charge in [-0.25, -0.2) is 0 Å². The molecule has 2 amide bonds. The molecule has 74 valence electrons. The maximum Gasteiger partial charge on any atom is 0.236 e. The minimum Gasteiger partial charge on any atom is -0.356 e. The van der Waals surface area contributed by atoms with Crippen molar-refractivity contribution in [3.8, 4) is 0 Å². The molecule has 1 rings (SSSR count). The molecule has 1 saturated heterocycles. The van der Waals surface area contributed by atoms with Crippen molar-refractivity contribution < 1.29 is 9.59 Å². The number of hydrogen-bond acceptors (Lipinski definition) is 3. The molecule has 0 spiro atoms. The Kier molecular flexibility index (Phi) is 3.25. The topological polar surface area (TPSA) is 84.2 Å². The maximum atomic E-state index is 11.0. The fourth-order valence-electron chi connectivity index (χ4n) is 1.21. The lowest BCUT2D eigenvalue weighted by Crippen LogP contribution is -2.40. The minimum atomic E-state index is -0.481. The average Bonchev–Trinajstić information content (AvgIpc) is 2.47. The van der Waals surface area contributed by atoms with Crippen LogP contribution in [0, 0.1) is 5.92 Å². The van der Waals surface area contributed by atoms with Gasteiger partial charge in [-0.3, -0.25) is 9.59 Å². The van der Waals surface area contributed by atoms with Gasteiger partial charge < -0.3 is 16.4 Å². The Morgan fingerprint density at radius 3 is 3.00 bits per heavy atom. The lowest BCUT2D eigenvalue weighted by molar-refractivity contribution is -0.122. The fourth-order valence-corrected chi connectivity index (χ4v) is 1.21. The van der Waals surface area contributed by atoms with Crippen LogP contribution in [-0.2, 0) is 9.59 Å². The molecule has 2 atom stereocenters. The highest BCUT2D eigenvalue weighted by Gasteiger charge is 2.21. The zero-order chi connectivity index (χ0) is 9.84. The van der Waals surface area contributed by atoms with E-state index in [0.29, 0.717) is 19.5 Å². The van der Waals surface area contributed by atoms with Crippen molar-refractivity contribution in [2.45, 2.75) is 19.4 Å². The van der Waals surface area contributed by atoms with Gasteiger partial charge in [-0.1, -0.05) is 0 Å². The second-order valence-electron chi connectivity index (χ2n) is 3.41. The van der Waals surface area contributed by atoms with Crippen molar-refractivity contribution >= 4 is 11.8 Å². The van der Waals surface area contributed by atoms with Crippen LogP contribution in [0.4, 0.5) is 0 Å². The number of nitrogens with one attached hydrogen (secondary N) is 2. The third-order valence-electron chi connectivity index (χ3n) is 2.04. The molecule has 1 aliphatic rings. The number of rotatable bonds is 3. The van der Waals surface area contributed by atoms with Gasteiger partial charge in [0.05, 0.1) is 6.04 Å². The van der Waals surface area contributed by atoms with E-state index in [9.17, 15) is 9.59 Å². The minimum absolute atomic E-state index is 0.0556. The van der Waals surface area contributed by atoms with Crippen LogP contribution in [0.15, 0.2) is 0 Å². The molecule has 1 aliphatic heterocycles. The summed E-state index contributed by atoms with van der Waals surface area (Å²) in [6.45, 7) is 2.81. The van der Waals surface area contributed by atoms with Crippen molar-refractivity contribution in [1.29, 1.82) is 0 Å². The number of carbonyl (C=O) groups excluding carboxylic acids is 2. The third kappa shape index (κ3) is 3.02. The van der Waals surface area contributed by atoms with Crippen molar-refractivity contribution in [3.63, 3.8) is 0 Å². The molecule has 5 heteroatoms. The molecule has 0 saturated carbocycles. The molecule has 0 aromatic carbocycles. The molecule has 1 fully saturated rings. The Balaban J connectivity index is 2.19. The molecule has 0 aromatic heterocycles. The lowest BCUT2D eigenvalue weighted by Gasteiger charge is -2.10. The standard InChI is InChI=1S/C8H15N3O2/c1-5(9)8(13)11-4-6-2-7(12)10-3-6/h5-6H,2-4,9H2,1H3,(H,10,12)(H,11,13)/t5-,6?/m1/s1. The lowest BCUT2D eigenvalue weighted by atomic mass is 10.1. The van der Waals surface area contributed by atoms with Gasteiger partial charge in [0.25, 0.3) is 0 Å². The van der Waals surface area contributed by atoms with Crippen LogP contribution in [0.25, 0.3) is 0 Å². The highest BCUT2D eigenvalue weighted by atomic mass is 16.2. The smallest absolute Gasteiger partial charge is 0.236 e. The molecule has 13 heavy (non-hydrogen) atoms. The second kappa shape index (κ2) is 4.23. The van der Waals surface area contributed by atoms with Crippen LogP contribution in [0.5, 0.6) is 0 Å². The summed E-state index contributed by atoms with van der Waals surface area (Å²) >= 11 is 0. The Bertz CT molecular complexity index is 215. The molecule has 4 N–H and O–H groups in total. The number of amides is 2. The van der Waals surface area contributed by atoms with Crippen molar-refractivity contribution in [2.75, 3.05) is 13.1 Å². The van der Waals surface area contributed by atoms with Gasteiger partial charge in [0.1, 0.15) is 0 Å². The Hall–Kier alpha value is -1.10. The first-order valence-electron chi connectivity index (χ1n) is 4.39. The largest absolute Gasteiger partial charge is 0.356 e. The van der Waals surface area contributed by atoms with E-state index >= 15 is 0 Å². The summed E-state index contributed by atoms with van der Waals surface area (Å²) in [7, 11) is 0. The molecule has 0 aromatic rings. The van der Waals surface area contributed by atoms with Crippen LogP contribution >= 0.6 is 0 Å². The second-order valence-corrected chi connectivity index (χ2v) is 3.41. The quantitative estimate of drug-likeness (QED) is 0.505. The molecular formula is C8H15N3O2. The summed E-state index contributed by atoms with van der Waals surface area (Å²) in [6.07, 6.45) is 0.499. The summed E-state index contributed by atoms with van der Waals surface area (Å²) < 4.78 is 0.